The molecule has 1 aromatic heterocycles. The second kappa shape index (κ2) is 4.58. The van der Waals surface area contributed by atoms with Gasteiger partial charge in [0.1, 0.15) is 0 Å². The van der Waals surface area contributed by atoms with Crippen molar-refractivity contribution in [2.75, 3.05) is 5.75 Å². The van der Waals surface area contributed by atoms with Crippen LogP contribution in [-0.2, 0) is 25.3 Å². The molecular weight excluding hydrogens is 206 g/mol. The summed E-state index contributed by atoms with van der Waals surface area (Å²) in [6.07, 6.45) is 1.14. The average Bonchev–Trinajstić information content (AvgIpc) is 2.56. The van der Waals surface area contributed by atoms with E-state index in [1.54, 1.807) is 0 Å². The molecule has 0 fully saturated rings. The topological polar surface area (TPSA) is 43.8 Å². The van der Waals surface area contributed by atoms with Crippen molar-refractivity contribution in [3.63, 3.8) is 0 Å². The molecule has 0 spiro atoms. The van der Waals surface area contributed by atoms with Crippen molar-refractivity contribution >= 4 is 11.8 Å². The highest BCUT2D eigenvalue weighted by atomic mass is 32.2. The Bertz CT molecular complexity index is 344. The lowest BCUT2D eigenvalue weighted by Crippen LogP contribution is -2.12. The number of thioether (sulfide) groups is 1. The van der Waals surface area contributed by atoms with Gasteiger partial charge in [-0.1, -0.05) is 13.8 Å². The maximum Gasteiger partial charge on any atom is 0.0795 e. The number of rotatable bonds is 3. The van der Waals surface area contributed by atoms with Gasteiger partial charge in [0.25, 0.3) is 0 Å². The van der Waals surface area contributed by atoms with Crippen molar-refractivity contribution in [3.05, 3.63) is 17.0 Å². The van der Waals surface area contributed by atoms with Crippen LogP contribution >= 0.6 is 11.8 Å². The van der Waals surface area contributed by atoms with Gasteiger partial charge in [0.2, 0.25) is 0 Å². The van der Waals surface area contributed by atoms with Crippen LogP contribution in [0, 0.1) is 5.92 Å². The summed E-state index contributed by atoms with van der Waals surface area (Å²) in [5.41, 5.74) is 9.70. The van der Waals surface area contributed by atoms with Gasteiger partial charge < -0.3 is 5.73 Å². The van der Waals surface area contributed by atoms with Gasteiger partial charge >= 0.3 is 0 Å². The van der Waals surface area contributed by atoms with Crippen LogP contribution in [0.4, 0.5) is 0 Å². The largest absolute Gasteiger partial charge is 0.325 e. The molecule has 0 unspecified atom stereocenters. The molecule has 1 aliphatic heterocycles. The Labute approximate surface area is 95.4 Å². The van der Waals surface area contributed by atoms with Crippen LogP contribution in [0.1, 0.15) is 30.8 Å². The maximum absolute atomic E-state index is 5.74. The molecule has 2 heterocycles. The van der Waals surface area contributed by atoms with Gasteiger partial charge in [-0.25, -0.2) is 0 Å². The highest BCUT2D eigenvalue weighted by Gasteiger charge is 2.20. The average molecular weight is 225 g/mol. The van der Waals surface area contributed by atoms with Crippen LogP contribution in [0.3, 0.4) is 0 Å². The monoisotopic (exact) mass is 225 g/mol. The molecule has 84 valence electrons. The van der Waals surface area contributed by atoms with E-state index in [-0.39, 0.29) is 0 Å². The van der Waals surface area contributed by atoms with Gasteiger partial charge in [-0.2, -0.15) is 16.9 Å². The summed E-state index contributed by atoms with van der Waals surface area (Å²) >= 11 is 2.00. The third-order valence-electron chi connectivity index (χ3n) is 2.72. The first-order valence-electron chi connectivity index (χ1n) is 5.57. The first-order chi connectivity index (χ1) is 7.22. The molecule has 0 radical (unpaired) electrons. The van der Waals surface area contributed by atoms with Gasteiger partial charge in [0.15, 0.2) is 0 Å². The summed E-state index contributed by atoms with van der Waals surface area (Å²) < 4.78 is 2.17. The molecule has 15 heavy (non-hydrogen) atoms. The van der Waals surface area contributed by atoms with E-state index in [9.17, 15) is 0 Å². The molecule has 0 saturated heterocycles. The van der Waals surface area contributed by atoms with Crippen LogP contribution in [-0.4, -0.2) is 15.5 Å². The minimum atomic E-state index is 0.581. The zero-order chi connectivity index (χ0) is 10.8. The fourth-order valence-corrected chi connectivity index (χ4v) is 3.05. The fraction of sp³-hybridized carbons (Fsp3) is 0.727. The number of hydrogen-bond acceptors (Lipinski definition) is 3. The van der Waals surface area contributed by atoms with Crippen LogP contribution in [0.5, 0.6) is 0 Å². The standard InChI is InChI=1S/C11H19N3S/c1-8(2)6-14-11-7-15-4-3-9(11)10(5-12)13-14/h8H,3-7,12H2,1-2H3. The molecule has 0 aromatic carbocycles. The van der Waals surface area contributed by atoms with Gasteiger partial charge in [-0.15, -0.1) is 0 Å². The van der Waals surface area contributed by atoms with E-state index >= 15 is 0 Å². The maximum atomic E-state index is 5.74. The molecule has 0 atom stereocenters. The number of nitrogens with two attached hydrogens (primary N) is 1. The second-order valence-electron chi connectivity index (χ2n) is 4.45. The molecule has 0 aliphatic carbocycles. The van der Waals surface area contributed by atoms with Crippen molar-refractivity contribution in [2.24, 2.45) is 11.7 Å². The van der Waals surface area contributed by atoms with Gasteiger partial charge in [0.05, 0.1) is 11.4 Å². The Morgan fingerprint density at radius 3 is 3.00 bits per heavy atom. The van der Waals surface area contributed by atoms with Gasteiger partial charge in [0, 0.05) is 18.8 Å². The van der Waals surface area contributed by atoms with E-state index in [1.165, 1.54) is 17.0 Å². The Hall–Kier alpha value is -0.480. The molecule has 4 heteroatoms. The number of aromatic nitrogens is 2. The Balaban J connectivity index is 2.33. The number of fused-ring (bicyclic) bond motifs is 1. The lowest BCUT2D eigenvalue weighted by molar-refractivity contribution is 0.470. The van der Waals surface area contributed by atoms with E-state index in [0.717, 1.165) is 24.4 Å². The Morgan fingerprint density at radius 1 is 1.53 bits per heavy atom. The van der Waals surface area contributed by atoms with Crippen molar-refractivity contribution in [2.45, 2.75) is 39.1 Å². The second-order valence-corrected chi connectivity index (χ2v) is 5.56. The molecule has 1 aromatic rings. The Kier molecular flexibility index (Phi) is 3.36. The molecule has 0 bridgehead atoms. The molecule has 2 rings (SSSR count). The van der Waals surface area contributed by atoms with E-state index < -0.39 is 0 Å². The highest BCUT2D eigenvalue weighted by Crippen LogP contribution is 2.27. The lowest BCUT2D eigenvalue weighted by Gasteiger charge is -2.15. The molecule has 0 amide bonds. The zero-order valence-corrected chi connectivity index (χ0v) is 10.3. The van der Waals surface area contributed by atoms with Crippen molar-refractivity contribution in [3.8, 4) is 0 Å². The quantitative estimate of drug-likeness (QED) is 0.853. The smallest absolute Gasteiger partial charge is 0.0795 e. The van der Waals surface area contributed by atoms with Gasteiger partial charge in [-0.05, 0) is 23.7 Å². The predicted molar refractivity (Wildman–Crippen MR) is 64.8 cm³/mol. The minimum absolute atomic E-state index is 0.581. The number of hydrogen-bond donors (Lipinski definition) is 1. The first-order valence-corrected chi connectivity index (χ1v) is 6.73. The minimum Gasteiger partial charge on any atom is -0.325 e. The van der Waals surface area contributed by atoms with Crippen molar-refractivity contribution in [1.29, 1.82) is 0 Å². The third kappa shape index (κ3) is 2.21. The number of nitrogens with zero attached hydrogens (tertiary/aromatic N) is 2. The van der Waals surface area contributed by atoms with Crippen molar-refractivity contribution in [1.82, 2.24) is 9.78 Å². The van der Waals surface area contributed by atoms with E-state index in [0.29, 0.717) is 12.5 Å². The molecule has 1 aliphatic rings. The predicted octanol–water partition coefficient (Wildman–Crippen LogP) is 1.79. The molecular formula is C11H19N3S. The fourth-order valence-electron chi connectivity index (χ4n) is 2.04. The summed E-state index contributed by atoms with van der Waals surface area (Å²) in [6.45, 7) is 6.05. The normalized spacial score (nSPS) is 15.7. The van der Waals surface area contributed by atoms with Crippen LogP contribution in [0.25, 0.3) is 0 Å². The van der Waals surface area contributed by atoms with E-state index in [2.05, 4.69) is 23.6 Å². The van der Waals surface area contributed by atoms with Crippen LogP contribution in [0.2, 0.25) is 0 Å². The van der Waals surface area contributed by atoms with Gasteiger partial charge in [-0.3, -0.25) is 4.68 Å². The highest BCUT2D eigenvalue weighted by molar-refractivity contribution is 7.98. The summed E-state index contributed by atoms with van der Waals surface area (Å²) in [7, 11) is 0. The summed E-state index contributed by atoms with van der Waals surface area (Å²) in [5.74, 6) is 2.97. The van der Waals surface area contributed by atoms with E-state index in [4.69, 9.17) is 5.73 Å². The first kappa shape index (κ1) is 11.0. The lowest BCUT2D eigenvalue weighted by atomic mass is 10.1. The zero-order valence-electron chi connectivity index (χ0n) is 9.49. The SMILES string of the molecule is CC(C)Cn1nc(CN)c2c1CSCC2. The van der Waals surface area contributed by atoms with Crippen LogP contribution in [0.15, 0.2) is 0 Å². The summed E-state index contributed by atoms with van der Waals surface area (Å²) in [5, 5.41) is 4.63. The molecule has 3 nitrogen and oxygen atoms in total. The van der Waals surface area contributed by atoms with Crippen LogP contribution < -0.4 is 5.73 Å². The van der Waals surface area contributed by atoms with Crippen molar-refractivity contribution < 1.29 is 0 Å². The summed E-state index contributed by atoms with van der Waals surface area (Å²) in [4.78, 5) is 0. The third-order valence-corrected chi connectivity index (χ3v) is 3.69. The van der Waals surface area contributed by atoms with E-state index in [1.807, 2.05) is 11.8 Å². The molecule has 2 N–H and O–H groups in total. The summed E-state index contributed by atoms with van der Waals surface area (Å²) in [6, 6.07) is 0. The molecule has 0 saturated carbocycles. The Morgan fingerprint density at radius 2 is 2.33 bits per heavy atom.